The van der Waals surface area contributed by atoms with E-state index in [9.17, 15) is 56.6 Å². The molecule has 0 saturated carbocycles. The van der Waals surface area contributed by atoms with E-state index in [4.69, 9.17) is 14.6 Å². The van der Waals surface area contributed by atoms with E-state index in [1.807, 2.05) is 0 Å². The molecule has 0 radical (unpaired) electrons. The number of halogens is 5. The highest BCUT2D eigenvalue weighted by atomic mass is 19.1. The van der Waals surface area contributed by atoms with Gasteiger partial charge in [-0.15, -0.1) is 0 Å². The molecule has 0 aromatic heterocycles. The van der Waals surface area contributed by atoms with E-state index in [1.54, 1.807) is 14.7 Å². The van der Waals surface area contributed by atoms with Crippen LogP contribution in [0.1, 0.15) is 59.3 Å². The van der Waals surface area contributed by atoms with Crippen molar-refractivity contribution >= 4 is 29.1 Å². The molecule has 1 N–H and O–H groups in total. The molecular weight excluding hydrogens is 793 g/mol. The number of amides is 3. The Bertz CT molecular complexity index is 1900. The van der Waals surface area contributed by atoms with Crippen molar-refractivity contribution in [3.63, 3.8) is 0 Å². The highest BCUT2D eigenvalue weighted by Crippen LogP contribution is 2.25. The van der Waals surface area contributed by atoms with Crippen molar-refractivity contribution in [2.24, 2.45) is 0 Å². The molecule has 0 aliphatic carbocycles. The first kappa shape index (κ1) is 47.5. The number of β-amino-alcohol motifs (C(OH)–C–C–N with tert-alkyl or cyclic N) is 1. The van der Waals surface area contributed by atoms with E-state index in [-0.39, 0.29) is 53.2 Å². The van der Waals surface area contributed by atoms with Crippen LogP contribution < -0.4 is 9.47 Å². The molecule has 0 unspecified atom stereocenters. The average molecular weight is 840 g/mol. The maximum atomic E-state index is 13.3. The zero-order chi connectivity index (χ0) is 43.8. The Morgan fingerprint density at radius 3 is 1.24 bits per heavy atom. The molecule has 3 saturated heterocycles. The number of aliphatic hydroxyl groups excluding tert-OH is 1. The lowest BCUT2D eigenvalue weighted by atomic mass is 10.1. The van der Waals surface area contributed by atoms with Gasteiger partial charge in [-0.2, -0.15) is 0 Å². The number of nitrogens with zero attached hydrogens (tertiary/aromatic N) is 5. The topological polar surface area (TPSA) is 186 Å². The lowest BCUT2D eigenvalue weighted by molar-refractivity contribution is -0.385. The first-order chi connectivity index (χ1) is 27.8. The van der Waals surface area contributed by atoms with Gasteiger partial charge >= 0.3 is 0 Å². The molecule has 15 nitrogen and oxygen atoms in total. The molecule has 3 aromatic carbocycles. The van der Waals surface area contributed by atoms with E-state index in [0.29, 0.717) is 50.9 Å². The second-order valence-corrected chi connectivity index (χ2v) is 13.8. The molecule has 6 rings (SSSR count). The van der Waals surface area contributed by atoms with Crippen molar-refractivity contribution in [2.75, 3.05) is 39.3 Å². The minimum Gasteiger partial charge on any atom is -0.488 e. The van der Waals surface area contributed by atoms with Gasteiger partial charge in [-0.3, -0.25) is 34.6 Å². The van der Waals surface area contributed by atoms with E-state index in [2.05, 4.69) is 0 Å². The van der Waals surface area contributed by atoms with Gasteiger partial charge in [-0.25, -0.2) is 22.0 Å². The molecule has 0 spiro atoms. The van der Waals surface area contributed by atoms with Gasteiger partial charge < -0.3 is 29.3 Å². The predicted molar refractivity (Wildman–Crippen MR) is 202 cm³/mol. The summed E-state index contributed by atoms with van der Waals surface area (Å²) in [6.07, 6.45) is 4.14. The molecule has 3 aliphatic rings. The van der Waals surface area contributed by atoms with Gasteiger partial charge in [0.25, 0.3) is 11.4 Å². The number of carbonyl (C=O) groups excluding carboxylic acids is 3. The fourth-order valence-corrected chi connectivity index (χ4v) is 6.23. The number of rotatable bonds is 6. The number of aliphatic hydroxyl groups is 1. The van der Waals surface area contributed by atoms with Crippen molar-refractivity contribution in [3.8, 4) is 11.5 Å². The number of hydrogen-bond acceptors (Lipinski definition) is 10. The maximum absolute atomic E-state index is 13.3. The molecule has 322 valence electrons. The maximum Gasteiger partial charge on any atom is 0.276 e. The Morgan fingerprint density at radius 2 is 0.881 bits per heavy atom. The molecule has 3 amide bonds. The normalized spacial score (nSPS) is 18.7. The third-order valence-electron chi connectivity index (χ3n) is 9.06. The van der Waals surface area contributed by atoms with Crippen molar-refractivity contribution in [3.05, 3.63) is 104 Å². The van der Waals surface area contributed by atoms with E-state index in [0.717, 1.165) is 75.4 Å². The van der Waals surface area contributed by atoms with Gasteiger partial charge in [0.2, 0.25) is 17.7 Å². The van der Waals surface area contributed by atoms with Crippen LogP contribution in [0.3, 0.4) is 0 Å². The van der Waals surface area contributed by atoms with Crippen LogP contribution in [0.5, 0.6) is 11.5 Å². The summed E-state index contributed by atoms with van der Waals surface area (Å²) in [7, 11) is 0. The number of non-ortho nitro benzene ring substituents is 2. The van der Waals surface area contributed by atoms with Gasteiger partial charge in [0.15, 0.2) is 0 Å². The molecule has 3 heterocycles. The Kier molecular flexibility index (Phi) is 18.4. The summed E-state index contributed by atoms with van der Waals surface area (Å²) < 4.78 is 74.9. The fourth-order valence-electron chi connectivity index (χ4n) is 6.23. The van der Waals surface area contributed by atoms with Crippen molar-refractivity contribution in [1.82, 2.24) is 14.7 Å². The Morgan fingerprint density at radius 1 is 0.559 bits per heavy atom. The van der Waals surface area contributed by atoms with Crippen molar-refractivity contribution in [1.29, 1.82) is 0 Å². The number of nitro groups is 2. The van der Waals surface area contributed by atoms with Crippen LogP contribution in [0, 0.1) is 49.3 Å². The fraction of sp³-hybridized carbons (Fsp3) is 0.462. The minimum absolute atomic E-state index is 0.00581. The van der Waals surface area contributed by atoms with Crippen molar-refractivity contribution < 1.29 is 60.8 Å². The Labute approximate surface area is 336 Å². The number of piperidine rings is 3. The van der Waals surface area contributed by atoms with E-state index < -0.39 is 44.6 Å². The molecule has 3 fully saturated rings. The van der Waals surface area contributed by atoms with Crippen LogP contribution in [-0.2, 0) is 14.4 Å². The quantitative estimate of drug-likeness (QED) is 0.167. The van der Waals surface area contributed by atoms with Crippen LogP contribution in [0.4, 0.5) is 33.3 Å². The van der Waals surface area contributed by atoms with Gasteiger partial charge in [0.05, 0.1) is 53.3 Å². The van der Waals surface area contributed by atoms with Gasteiger partial charge in [0, 0.05) is 77.3 Å². The second-order valence-electron chi connectivity index (χ2n) is 13.8. The van der Waals surface area contributed by atoms with Crippen LogP contribution in [0.15, 0.2) is 54.6 Å². The van der Waals surface area contributed by atoms with Crippen LogP contribution in [0.2, 0.25) is 0 Å². The average Bonchev–Trinajstić information content (AvgIpc) is 3.15. The third kappa shape index (κ3) is 16.8. The SMILES string of the molecule is CC(=O)N1CCC[C@@H](O)C1.CC(=O)N1CCC[C@@H](Oc2cc(F)cc(F)c2)C1.CC(=O)N1CCC[C@@H](Oc2cc(F)cc([N+](=O)[O-])c2)C1.O=[N+]([O-])c1cc(F)cc(F)c1. The predicted octanol–water partition coefficient (Wildman–Crippen LogP) is 6.34. The second kappa shape index (κ2) is 22.9. The minimum atomic E-state index is -0.948. The highest BCUT2D eigenvalue weighted by Gasteiger charge is 2.25. The Balaban J connectivity index is 0.000000219. The molecule has 3 aliphatic heterocycles. The molecule has 3 atom stereocenters. The van der Waals surface area contributed by atoms with Gasteiger partial charge in [-0.05, 0) is 38.5 Å². The molecule has 59 heavy (non-hydrogen) atoms. The summed E-state index contributed by atoms with van der Waals surface area (Å²) >= 11 is 0. The number of hydrogen-bond donors (Lipinski definition) is 1. The highest BCUT2D eigenvalue weighted by molar-refractivity contribution is 5.74. The zero-order valence-electron chi connectivity index (χ0n) is 32.7. The van der Waals surface area contributed by atoms with E-state index >= 15 is 0 Å². The molecular formula is C39H46F5N5O10. The molecule has 0 bridgehead atoms. The van der Waals surface area contributed by atoms with Gasteiger partial charge in [0.1, 0.15) is 52.8 Å². The number of likely N-dealkylation sites (tertiary alicyclic amines) is 3. The summed E-state index contributed by atoms with van der Waals surface area (Å²) in [5, 5.41) is 29.8. The number of benzene rings is 3. The molecule has 3 aromatic rings. The smallest absolute Gasteiger partial charge is 0.276 e. The van der Waals surface area contributed by atoms with Crippen LogP contribution in [0.25, 0.3) is 0 Å². The lowest BCUT2D eigenvalue weighted by Crippen LogP contribution is -2.43. The first-order valence-corrected chi connectivity index (χ1v) is 18.6. The summed E-state index contributed by atoms with van der Waals surface area (Å²) in [6.45, 7) is 8.14. The van der Waals surface area contributed by atoms with Crippen molar-refractivity contribution in [2.45, 2.75) is 77.6 Å². The van der Waals surface area contributed by atoms with Gasteiger partial charge in [-0.1, -0.05) is 0 Å². The van der Waals surface area contributed by atoms with E-state index in [1.165, 1.54) is 26.8 Å². The summed E-state index contributed by atoms with van der Waals surface area (Å²) in [6, 6.07) is 8.13. The number of nitro benzene ring substituents is 2. The largest absolute Gasteiger partial charge is 0.488 e. The number of carbonyl (C=O) groups is 3. The molecule has 20 heteroatoms. The summed E-state index contributed by atoms with van der Waals surface area (Å²) in [5.74, 6) is -3.62. The standard InChI is InChI=1S/C13H15F2NO2.C13H15FN2O4.C7H13NO2.C6H3F2NO2/c1-9(17)16-4-2-3-12(8-16)18-13-6-10(14)5-11(15)7-13;1-9(17)15-4-2-3-12(8-15)20-13-6-10(14)5-11(7-13)16(18)19;1-6(9)8-4-2-3-7(10)5-8;7-4-1-5(8)3-6(2-4)9(10)11/h5-7,12H,2-4,8H2,1H3;5-7,12H,2-4,8H2,1H3;7,10H,2-5H2,1H3;1-3H/t2*12-;7-;/m111./s1. The zero-order valence-corrected chi connectivity index (χ0v) is 32.7. The summed E-state index contributed by atoms with van der Waals surface area (Å²) in [5.41, 5.74) is -0.929. The van der Waals surface area contributed by atoms with Crippen LogP contribution >= 0.6 is 0 Å². The lowest BCUT2D eigenvalue weighted by Gasteiger charge is -2.32. The Hall–Kier alpha value is -5.92. The van der Waals surface area contributed by atoms with Crippen LogP contribution in [-0.4, -0.2) is 105 Å². The monoisotopic (exact) mass is 839 g/mol. The summed E-state index contributed by atoms with van der Waals surface area (Å²) in [4.78, 5) is 57.5. The first-order valence-electron chi connectivity index (χ1n) is 18.6. The third-order valence-corrected chi connectivity index (χ3v) is 9.06. The number of ether oxygens (including phenoxy) is 2.